The molecule has 5 rings (SSSR count). The fraction of sp³-hybridized carbons (Fsp3) is 0.0800. The highest BCUT2D eigenvalue weighted by Gasteiger charge is 2.24. The number of rotatable bonds is 5. The summed E-state index contributed by atoms with van der Waals surface area (Å²) in [5, 5.41) is 2.87. The van der Waals surface area contributed by atoms with E-state index in [0.29, 0.717) is 32.6 Å². The smallest absolute Gasteiger partial charge is 0.239 e. The average molecular weight is 478 g/mol. The van der Waals surface area contributed by atoms with Gasteiger partial charge in [-0.05, 0) is 48.9 Å². The molecule has 1 amide bonds. The summed E-state index contributed by atoms with van der Waals surface area (Å²) in [7, 11) is 0. The third-order valence-electron chi connectivity index (χ3n) is 5.09. The molecule has 33 heavy (non-hydrogen) atoms. The second-order valence-corrected chi connectivity index (χ2v) is 9.33. The molecule has 2 aromatic heterocycles. The lowest BCUT2D eigenvalue weighted by atomic mass is 10.2. The number of para-hydroxylation sites is 1. The van der Waals surface area contributed by atoms with Crippen LogP contribution in [-0.4, -0.2) is 15.9 Å². The largest absolute Gasteiger partial charge is 0.274 e. The molecule has 0 fully saturated rings. The Kier molecular flexibility index (Phi) is 5.70. The molecule has 8 heteroatoms. The van der Waals surface area contributed by atoms with Crippen LogP contribution in [-0.2, 0) is 11.2 Å². The Hall–Kier alpha value is -3.49. The van der Waals surface area contributed by atoms with Crippen LogP contribution in [0.15, 0.2) is 72.1 Å². The average Bonchev–Trinajstić information content (AvgIpc) is 3.43. The molecule has 2 heterocycles. The Labute approximate surface area is 196 Å². The van der Waals surface area contributed by atoms with E-state index in [9.17, 15) is 13.6 Å². The zero-order valence-corrected chi connectivity index (χ0v) is 19.1. The van der Waals surface area contributed by atoms with Crippen molar-refractivity contribution in [3.05, 3.63) is 95.0 Å². The first-order valence-electron chi connectivity index (χ1n) is 10.1. The van der Waals surface area contributed by atoms with Gasteiger partial charge in [0, 0.05) is 10.9 Å². The van der Waals surface area contributed by atoms with Crippen molar-refractivity contribution in [2.75, 3.05) is 4.90 Å². The van der Waals surface area contributed by atoms with Crippen LogP contribution in [0.4, 0.5) is 19.6 Å². The zero-order valence-electron chi connectivity index (χ0n) is 17.5. The highest BCUT2D eigenvalue weighted by molar-refractivity contribution is 7.22. The molecule has 0 unspecified atom stereocenters. The first-order chi connectivity index (χ1) is 16.0. The van der Waals surface area contributed by atoms with E-state index in [1.165, 1.54) is 45.8 Å². The standard InChI is InChI=1S/C25H17F2N3OS2/c1-15-9-10-19(13-20(15)27)30(25-29-21-7-2-3-8-22(21)33-25)23(31)12-18-14-32-24(28-18)16-5-4-6-17(26)11-16/h2-11,13-14H,12H2,1H3. The highest BCUT2D eigenvalue weighted by Crippen LogP contribution is 2.35. The van der Waals surface area contributed by atoms with Gasteiger partial charge in [0.05, 0.1) is 28.0 Å². The van der Waals surface area contributed by atoms with E-state index >= 15 is 0 Å². The fourth-order valence-electron chi connectivity index (χ4n) is 3.41. The Morgan fingerprint density at radius 3 is 2.64 bits per heavy atom. The number of benzene rings is 3. The predicted octanol–water partition coefficient (Wildman–Crippen LogP) is 6.91. The van der Waals surface area contributed by atoms with Crippen molar-refractivity contribution in [3.8, 4) is 10.6 Å². The molecule has 164 valence electrons. The first kappa shape index (κ1) is 21.4. The van der Waals surface area contributed by atoms with Crippen LogP contribution in [0.5, 0.6) is 0 Å². The molecule has 0 spiro atoms. The number of fused-ring (bicyclic) bond motifs is 1. The van der Waals surface area contributed by atoms with Gasteiger partial charge in [0.1, 0.15) is 16.6 Å². The Balaban J connectivity index is 1.50. The summed E-state index contributed by atoms with van der Waals surface area (Å²) in [4.78, 5) is 24.0. The van der Waals surface area contributed by atoms with Crippen LogP contribution in [0.2, 0.25) is 0 Å². The topological polar surface area (TPSA) is 46.1 Å². The molecular formula is C25H17F2N3OS2. The molecule has 0 aliphatic heterocycles. The Bertz CT molecular complexity index is 1440. The number of nitrogens with zero attached hydrogens (tertiary/aromatic N) is 3. The SMILES string of the molecule is Cc1ccc(N(C(=O)Cc2csc(-c3cccc(F)c3)n2)c2nc3ccccc3s2)cc1F. The summed E-state index contributed by atoms with van der Waals surface area (Å²) >= 11 is 2.71. The minimum absolute atomic E-state index is 0.00274. The highest BCUT2D eigenvalue weighted by atomic mass is 32.1. The van der Waals surface area contributed by atoms with E-state index in [4.69, 9.17) is 0 Å². The van der Waals surface area contributed by atoms with Gasteiger partial charge in [-0.1, -0.05) is 41.7 Å². The summed E-state index contributed by atoms with van der Waals surface area (Å²) in [5.41, 5.74) is 2.88. The molecule has 0 radical (unpaired) electrons. The van der Waals surface area contributed by atoms with Crippen molar-refractivity contribution >= 4 is 49.6 Å². The van der Waals surface area contributed by atoms with E-state index in [1.807, 2.05) is 24.3 Å². The Morgan fingerprint density at radius 1 is 1.00 bits per heavy atom. The van der Waals surface area contributed by atoms with Gasteiger partial charge >= 0.3 is 0 Å². The molecule has 0 saturated carbocycles. The summed E-state index contributed by atoms with van der Waals surface area (Å²) < 4.78 is 28.9. The van der Waals surface area contributed by atoms with Gasteiger partial charge in [0.2, 0.25) is 5.91 Å². The number of thiazole rings is 2. The quantitative estimate of drug-likeness (QED) is 0.276. The van der Waals surface area contributed by atoms with Gasteiger partial charge in [0.25, 0.3) is 0 Å². The van der Waals surface area contributed by atoms with Crippen molar-refractivity contribution < 1.29 is 13.6 Å². The first-order valence-corrected chi connectivity index (χ1v) is 11.8. The number of hydrogen-bond acceptors (Lipinski definition) is 5. The van der Waals surface area contributed by atoms with Crippen molar-refractivity contribution in [1.82, 2.24) is 9.97 Å². The molecule has 0 aliphatic rings. The molecule has 4 nitrogen and oxygen atoms in total. The third-order valence-corrected chi connectivity index (χ3v) is 7.05. The predicted molar refractivity (Wildman–Crippen MR) is 129 cm³/mol. The number of amides is 1. The number of aromatic nitrogens is 2. The molecular weight excluding hydrogens is 460 g/mol. The van der Waals surface area contributed by atoms with E-state index in [2.05, 4.69) is 9.97 Å². The molecule has 0 aliphatic carbocycles. The zero-order chi connectivity index (χ0) is 22.9. The molecule has 5 aromatic rings. The maximum Gasteiger partial charge on any atom is 0.239 e. The molecule has 0 saturated heterocycles. The molecule has 0 bridgehead atoms. The monoisotopic (exact) mass is 477 g/mol. The van der Waals surface area contributed by atoms with Crippen molar-refractivity contribution in [3.63, 3.8) is 0 Å². The van der Waals surface area contributed by atoms with Gasteiger partial charge < -0.3 is 0 Å². The number of anilines is 2. The van der Waals surface area contributed by atoms with Crippen LogP contribution in [0.25, 0.3) is 20.8 Å². The number of halogens is 2. The van der Waals surface area contributed by atoms with E-state index in [-0.39, 0.29) is 18.1 Å². The lowest BCUT2D eigenvalue weighted by molar-refractivity contribution is -0.117. The number of hydrogen-bond donors (Lipinski definition) is 0. The second kappa shape index (κ2) is 8.80. The van der Waals surface area contributed by atoms with Gasteiger partial charge in [-0.3, -0.25) is 9.69 Å². The maximum atomic E-state index is 14.4. The molecule has 0 N–H and O–H groups in total. The lowest BCUT2D eigenvalue weighted by Crippen LogP contribution is -2.27. The van der Waals surface area contributed by atoms with Crippen LogP contribution >= 0.6 is 22.7 Å². The summed E-state index contributed by atoms with van der Waals surface area (Å²) in [6, 6.07) is 18.5. The normalized spacial score (nSPS) is 11.1. The fourth-order valence-corrected chi connectivity index (χ4v) is 5.23. The van der Waals surface area contributed by atoms with E-state index < -0.39 is 5.82 Å². The van der Waals surface area contributed by atoms with Crippen molar-refractivity contribution in [2.24, 2.45) is 0 Å². The van der Waals surface area contributed by atoms with Crippen molar-refractivity contribution in [2.45, 2.75) is 13.3 Å². The summed E-state index contributed by atoms with van der Waals surface area (Å²) in [6.07, 6.45) is -0.00274. The van der Waals surface area contributed by atoms with Gasteiger partial charge in [-0.25, -0.2) is 18.7 Å². The van der Waals surface area contributed by atoms with Crippen molar-refractivity contribution in [1.29, 1.82) is 0 Å². The third kappa shape index (κ3) is 4.40. The van der Waals surface area contributed by atoms with Gasteiger partial charge in [-0.2, -0.15) is 0 Å². The Morgan fingerprint density at radius 2 is 1.85 bits per heavy atom. The van der Waals surface area contributed by atoms with Gasteiger partial charge in [-0.15, -0.1) is 11.3 Å². The second-order valence-electron chi connectivity index (χ2n) is 7.46. The van der Waals surface area contributed by atoms with E-state index in [0.717, 1.165) is 10.2 Å². The maximum absolute atomic E-state index is 14.4. The lowest BCUT2D eigenvalue weighted by Gasteiger charge is -2.20. The number of carbonyl (C=O) groups is 1. The summed E-state index contributed by atoms with van der Waals surface area (Å²) in [6.45, 7) is 1.67. The minimum Gasteiger partial charge on any atom is -0.274 e. The number of aryl methyl sites for hydroxylation is 1. The molecule has 3 aromatic carbocycles. The van der Waals surface area contributed by atoms with E-state index in [1.54, 1.807) is 36.6 Å². The van der Waals surface area contributed by atoms with Crippen LogP contribution in [0.3, 0.4) is 0 Å². The summed E-state index contributed by atoms with van der Waals surface area (Å²) in [5.74, 6) is -1.02. The number of carbonyl (C=O) groups excluding carboxylic acids is 1. The van der Waals surface area contributed by atoms with Crippen LogP contribution in [0, 0.1) is 18.6 Å². The van der Waals surface area contributed by atoms with Crippen LogP contribution < -0.4 is 4.90 Å². The minimum atomic E-state index is -0.395. The molecule has 0 atom stereocenters. The van der Waals surface area contributed by atoms with Crippen LogP contribution in [0.1, 0.15) is 11.3 Å². The van der Waals surface area contributed by atoms with Gasteiger partial charge in [0.15, 0.2) is 5.13 Å².